The summed E-state index contributed by atoms with van der Waals surface area (Å²) in [7, 11) is 0. The summed E-state index contributed by atoms with van der Waals surface area (Å²) in [5, 5.41) is 2.86. The minimum absolute atomic E-state index is 0.0354. The third-order valence-electron chi connectivity index (χ3n) is 2.76. The van der Waals surface area contributed by atoms with Crippen molar-refractivity contribution >= 4 is 11.6 Å². The molecule has 14 heavy (non-hydrogen) atoms. The van der Waals surface area contributed by atoms with Crippen molar-refractivity contribution in [2.75, 3.05) is 5.32 Å². The Bertz CT molecular complexity index is 396. The van der Waals surface area contributed by atoms with Crippen molar-refractivity contribution < 1.29 is 4.79 Å². The zero-order valence-electron chi connectivity index (χ0n) is 8.72. The number of rotatable bonds is 1. The number of hydrogen-bond acceptors (Lipinski definition) is 2. The minimum Gasteiger partial charge on any atom is -0.324 e. The quantitative estimate of drug-likeness (QED) is 0.734. The van der Waals surface area contributed by atoms with Crippen LogP contribution >= 0.6 is 0 Å². The van der Waals surface area contributed by atoms with Gasteiger partial charge in [-0.25, -0.2) is 0 Å². The van der Waals surface area contributed by atoms with E-state index in [1.165, 1.54) is 0 Å². The highest BCUT2D eigenvalue weighted by atomic mass is 16.2. The van der Waals surface area contributed by atoms with E-state index in [2.05, 4.69) is 17.2 Å². The van der Waals surface area contributed by atoms with Gasteiger partial charge in [0.15, 0.2) is 0 Å². The normalized spacial score (nSPS) is 17.8. The second-order valence-electron chi connectivity index (χ2n) is 4.17. The summed E-state index contributed by atoms with van der Waals surface area (Å²) in [6, 6.07) is 2.01. The van der Waals surface area contributed by atoms with Gasteiger partial charge in [-0.05, 0) is 31.9 Å². The molecule has 1 aromatic rings. The van der Waals surface area contributed by atoms with Gasteiger partial charge >= 0.3 is 0 Å². The fourth-order valence-electron chi connectivity index (χ4n) is 1.68. The third-order valence-corrected chi connectivity index (χ3v) is 2.76. The summed E-state index contributed by atoms with van der Waals surface area (Å²) in [5.41, 5.74) is 2.41. The number of nitrogens with zero attached hydrogens (tertiary/aromatic N) is 1. The van der Waals surface area contributed by atoms with Crippen LogP contribution in [-0.2, 0) is 16.6 Å². The molecule has 1 N–H and O–H groups in total. The molecular weight excluding hydrogens is 176 g/mol. The second kappa shape index (κ2) is 2.80. The number of fused-ring (bicyclic) bond motifs is 1. The van der Waals surface area contributed by atoms with Crippen molar-refractivity contribution in [3.8, 4) is 0 Å². The van der Waals surface area contributed by atoms with E-state index in [-0.39, 0.29) is 5.91 Å². The molecule has 1 aromatic heterocycles. The van der Waals surface area contributed by atoms with E-state index in [1.54, 1.807) is 0 Å². The number of carbonyl (C=O) groups is 1. The highest BCUT2D eigenvalue weighted by molar-refractivity contribution is 6.04. The predicted molar refractivity (Wildman–Crippen MR) is 55.3 cm³/mol. The molecule has 1 aliphatic heterocycles. The monoisotopic (exact) mass is 190 g/mol. The number of pyridine rings is 1. The Morgan fingerprint density at radius 3 is 2.86 bits per heavy atom. The van der Waals surface area contributed by atoms with Crippen LogP contribution in [0.5, 0.6) is 0 Å². The molecule has 3 nitrogen and oxygen atoms in total. The molecule has 0 spiro atoms. The Balaban J connectivity index is 2.54. The maximum atomic E-state index is 11.6. The van der Waals surface area contributed by atoms with Crippen LogP contribution in [-0.4, -0.2) is 10.9 Å². The summed E-state index contributed by atoms with van der Waals surface area (Å²) in [6.07, 6.45) is 2.79. The van der Waals surface area contributed by atoms with E-state index in [0.29, 0.717) is 0 Å². The molecule has 0 atom stereocenters. The molecule has 2 heterocycles. The Kier molecular flexibility index (Phi) is 1.84. The molecule has 74 valence electrons. The van der Waals surface area contributed by atoms with Crippen molar-refractivity contribution in [1.29, 1.82) is 0 Å². The van der Waals surface area contributed by atoms with Gasteiger partial charge in [-0.1, -0.05) is 6.92 Å². The third kappa shape index (κ3) is 1.12. The second-order valence-corrected chi connectivity index (χ2v) is 4.17. The van der Waals surface area contributed by atoms with Gasteiger partial charge in [-0.15, -0.1) is 0 Å². The first kappa shape index (κ1) is 9.19. The zero-order chi connectivity index (χ0) is 10.3. The van der Waals surface area contributed by atoms with Crippen LogP contribution in [0.25, 0.3) is 0 Å². The van der Waals surface area contributed by atoms with Crippen LogP contribution < -0.4 is 5.32 Å². The number of nitrogens with one attached hydrogen (secondary N) is 1. The molecule has 0 saturated carbocycles. The molecule has 2 rings (SSSR count). The largest absolute Gasteiger partial charge is 0.324 e. The summed E-state index contributed by atoms with van der Waals surface area (Å²) >= 11 is 0. The van der Waals surface area contributed by atoms with Crippen molar-refractivity contribution in [2.24, 2.45) is 0 Å². The first-order chi connectivity index (χ1) is 6.55. The first-order valence-corrected chi connectivity index (χ1v) is 4.86. The van der Waals surface area contributed by atoms with Gasteiger partial charge in [0.25, 0.3) is 0 Å². The fraction of sp³-hybridized carbons (Fsp3) is 0.455. The van der Waals surface area contributed by atoms with E-state index in [4.69, 9.17) is 0 Å². The van der Waals surface area contributed by atoms with Crippen molar-refractivity contribution in [2.45, 2.75) is 32.6 Å². The lowest BCUT2D eigenvalue weighted by Crippen LogP contribution is -2.27. The maximum Gasteiger partial charge on any atom is 0.236 e. The molecule has 1 amide bonds. The molecule has 1 aliphatic rings. The highest BCUT2D eigenvalue weighted by Gasteiger charge is 2.39. The van der Waals surface area contributed by atoms with Crippen molar-refractivity contribution in [3.63, 3.8) is 0 Å². The number of aromatic nitrogens is 1. The first-order valence-electron chi connectivity index (χ1n) is 4.86. The smallest absolute Gasteiger partial charge is 0.236 e. The number of hydrogen-bond donors (Lipinski definition) is 1. The van der Waals surface area contributed by atoms with E-state index in [9.17, 15) is 4.79 Å². The lowest BCUT2D eigenvalue weighted by molar-refractivity contribution is -0.119. The van der Waals surface area contributed by atoms with Gasteiger partial charge in [0.1, 0.15) is 0 Å². The van der Waals surface area contributed by atoms with E-state index in [0.717, 1.165) is 23.4 Å². The molecule has 0 saturated heterocycles. The fourth-order valence-corrected chi connectivity index (χ4v) is 1.68. The van der Waals surface area contributed by atoms with Gasteiger partial charge in [0.05, 0.1) is 16.8 Å². The lowest BCUT2D eigenvalue weighted by atomic mass is 9.90. The van der Waals surface area contributed by atoms with Crippen LogP contribution in [0, 0.1) is 0 Å². The lowest BCUT2D eigenvalue weighted by Gasteiger charge is -2.13. The molecule has 0 aliphatic carbocycles. The van der Waals surface area contributed by atoms with Gasteiger partial charge < -0.3 is 5.32 Å². The average molecular weight is 190 g/mol. The average Bonchev–Trinajstić information content (AvgIpc) is 2.38. The van der Waals surface area contributed by atoms with Crippen LogP contribution in [0.1, 0.15) is 32.0 Å². The van der Waals surface area contributed by atoms with E-state index < -0.39 is 5.41 Å². The van der Waals surface area contributed by atoms with E-state index >= 15 is 0 Å². The zero-order valence-corrected chi connectivity index (χ0v) is 8.72. The highest BCUT2D eigenvalue weighted by Crippen LogP contribution is 2.35. The summed E-state index contributed by atoms with van der Waals surface area (Å²) in [6.45, 7) is 5.87. The van der Waals surface area contributed by atoms with Crippen LogP contribution in [0.3, 0.4) is 0 Å². The predicted octanol–water partition coefficient (Wildman–Crippen LogP) is 1.87. The van der Waals surface area contributed by atoms with E-state index in [1.807, 2.05) is 26.1 Å². The van der Waals surface area contributed by atoms with Gasteiger partial charge in [0.2, 0.25) is 5.91 Å². The summed E-state index contributed by atoms with van der Waals surface area (Å²) in [4.78, 5) is 16.0. The Labute approximate surface area is 83.5 Å². The molecule has 3 heteroatoms. The van der Waals surface area contributed by atoms with Crippen molar-refractivity contribution in [1.82, 2.24) is 4.98 Å². The van der Waals surface area contributed by atoms with Crippen LogP contribution in [0.4, 0.5) is 5.69 Å². The minimum atomic E-state index is -0.485. The standard InChI is InChI=1S/C11H14N2O/c1-4-7-5-8-9(12-6-7)11(2,3)10(14)13-8/h5-6H,4H2,1-3H3,(H,13,14). The molecule has 0 radical (unpaired) electrons. The van der Waals surface area contributed by atoms with Crippen LogP contribution in [0.15, 0.2) is 12.3 Å². The Hall–Kier alpha value is -1.38. The molecule has 0 fully saturated rings. The number of anilines is 1. The molecule has 0 bridgehead atoms. The molecule has 0 aromatic carbocycles. The van der Waals surface area contributed by atoms with Crippen LogP contribution in [0.2, 0.25) is 0 Å². The number of carbonyl (C=O) groups excluding carboxylic acids is 1. The molecule has 0 unspecified atom stereocenters. The SMILES string of the molecule is CCc1cnc2c(c1)NC(=O)C2(C)C. The molecular formula is C11H14N2O. The van der Waals surface area contributed by atoms with Crippen molar-refractivity contribution in [3.05, 3.63) is 23.5 Å². The topological polar surface area (TPSA) is 42.0 Å². The number of aryl methyl sites for hydroxylation is 1. The Morgan fingerprint density at radius 2 is 2.21 bits per heavy atom. The number of amides is 1. The van der Waals surface area contributed by atoms with Gasteiger partial charge in [-0.2, -0.15) is 0 Å². The summed E-state index contributed by atoms with van der Waals surface area (Å²) < 4.78 is 0. The Morgan fingerprint density at radius 1 is 1.50 bits per heavy atom. The van der Waals surface area contributed by atoms with Gasteiger partial charge in [-0.3, -0.25) is 9.78 Å². The maximum absolute atomic E-state index is 11.6. The van der Waals surface area contributed by atoms with Gasteiger partial charge in [0, 0.05) is 6.20 Å². The summed E-state index contributed by atoms with van der Waals surface area (Å²) in [5.74, 6) is 0.0354.